The number of rotatable bonds is 2. The second kappa shape index (κ2) is 7.73. The summed E-state index contributed by atoms with van der Waals surface area (Å²) in [7, 11) is 4.25. The number of amides is 2. The summed E-state index contributed by atoms with van der Waals surface area (Å²) in [4.78, 5) is 31.1. The van der Waals surface area contributed by atoms with E-state index in [0.717, 1.165) is 54.8 Å². The van der Waals surface area contributed by atoms with E-state index < -0.39 is 0 Å². The van der Waals surface area contributed by atoms with Gasteiger partial charge in [-0.05, 0) is 129 Å². The van der Waals surface area contributed by atoms with E-state index in [4.69, 9.17) is 0 Å². The summed E-state index contributed by atoms with van der Waals surface area (Å²) in [6.45, 7) is 5.02. The van der Waals surface area contributed by atoms with E-state index in [1.54, 1.807) is 0 Å². The van der Waals surface area contributed by atoms with Gasteiger partial charge in [-0.2, -0.15) is 0 Å². The fourth-order valence-electron chi connectivity index (χ4n) is 12.5. The Morgan fingerprint density at radius 2 is 1.51 bits per heavy atom. The van der Waals surface area contributed by atoms with E-state index in [0.29, 0.717) is 29.8 Å². The third kappa shape index (κ3) is 3.09. The first-order valence-corrected chi connectivity index (χ1v) is 15.2. The molecule has 0 radical (unpaired) electrons. The molecule has 7 atom stereocenters. The molecule has 7 aliphatic carbocycles. The molecule has 1 heterocycles. The number of hydrogen-bond donors (Lipinski definition) is 0. The van der Waals surface area contributed by atoms with Gasteiger partial charge < -0.3 is 9.80 Å². The van der Waals surface area contributed by atoms with Crippen molar-refractivity contribution >= 4 is 11.8 Å². The molecule has 8 aliphatic rings. The van der Waals surface area contributed by atoms with Crippen LogP contribution in [0.5, 0.6) is 0 Å². The van der Waals surface area contributed by atoms with Crippen LogP contribution < -0.4 is 0 Å². The fourth-order valence-corrected chi connectivity index (χ4v) is 12.5. The Bertz CT molecular complexity index is 888. The maximum absolute atomic E-state index is 14.2. The summed E-state index contributed by atoms with van der Waals surface area (Å²) in [6.07, 6.45) is 16.1. The average molecular weight is 481 g/mol. The van der Waals surface area contributed by atoms with E-state index in [1.807, 2.05) is 0 Å². The molecule has 4 heteroatoms. The van der Waals surface area contributed by atoms with Crippen molar-refractivity contribution < 1.29 is 9.59 Å². The summed E-state index contributed by atoms with van der Waals surface area (Å²) in [5.41, 5.74) is 0.449. The lowest BCUT2D eigenvalue weighted by molar-refractivity contribution is -0.163. The topological polar surface area (TPSA) is 40.6 Å². The number of likely N-dealkylation sites (tertiary alicyclic amines) is 1. The van der Waals surface area contributed by atoms with Crippen LogP contribution in [0.15, 0.2) is 0 Å². The highest BCUT2D eigenvalue weighted by atomic mass is 16.2. The van der Waals surface area contributed by atoms with E-state index in [1.165, 1.54) is 64.2 Å². The maximum Gasteiger partial charge on any atom is 0.226 e. The number of carbonyl (C=O) groups excluding carboxylic acids is 2. The van der Waals surface area contributed by atoms with Crippen molar-refractivity contribution in [2.24, 2.45) is 58.2 Å². The Labute approximate surface area is 212 Å². The van der Waals surface area contributed by atoms with Gasteiger partial charge in [-0.15, -0.1) is 0 Å². The Morgan fingerprint density at radius 3 is 2.20 bits per heavy atom. The van der Waals surface area contributed by atoms with Crippen LogP contribution in [0.4, 0.5) is 0 Å². The first-order valence-electron chi connectivity index (χ1n) is 15.2. The zero-order valence-corrected chi connectivity index (χ0v) is 22.7. The molecule has 0 aromatic heterocycles. The van der Waals surface area contributed by atoms with Crippen molar-refractivity contribution in [2.45, 2.75) is 109 Å². The molecule has 1 aliphatic heterocycles. The van der Waals surface area contributed by atoms with Gasteiger partial charge in [0.1, 0.15) is 0 Å². The molecular weight excluding hydrogens is 432 g/mol. The highest BCUT2D eigenvalue weighted by molar-refractivity contribution is 5.80. The van der Waals surface area contributed by atoms with Crippen molar-refractivity contribution in [2.75, 3.05) is 14.1 Å². The SMILES string of the molecule is CN(C(=O)[C@H]1CC[C@H]2[C@@H]3CCC4N(C)C(=O)CC[C@]4(C)[C@H]3CC[C@]12C)C1C2CC3CC(C2)CC1C3. The standard InChI is InChI=1S/C31H48N2O2/c1-30-11-9-24-22(5-8-26-31(24,2)12-10-27(34)32(26)3)23(30)6-7-25(30)29(35)33(4)28-20-14-18-13-19(16-20)17-21(28)15-18/h18-26,28H,5-17H2,1-4H3/t18?,19?,20?,21?,22-,23-,24-,25+,26?,28?,30-,31+/m0/s1. The predicted molar refractivity (Wildman–Crippen MR) is 137 cm³/mol. The molecule has 8 fully saturated rings. The molecule has 1 saturated heterocycles. The second-order valence-corrected chi connectivity index (χ2v) is 15.0. The van der Waals surface area contributed by atoms with Gasteiger partial charge in [0, 0.05) is 38.5 Å². The highest BCUT2D eigenvalue weighted by Gasteiger charge is 2.63. The lowest BCUT2D eigenvalue weighted by Crippen LogP contribution is -2.62. The van der Waals surface area contributed by atoms with Crippen LogP contribution in [0.25, 0.3) is 0 Å². The van der Waals surface area contributed by atoms with E-state index in [2.05, 4.69) is 37.7 Å². The molecule has 0 spiro atoms. The molecule has 35 heavy (non-hydrogen) atoms. The zero-order chi connectivity index (χ0) is 24.3. The molecule has 1 unspecified atom stereocenters. The van der Waals surface area contributed by atoms with Gasteiger partial charge in [0.2, 0.25) is 11.8 Å². The molecule has 0 N–H and O–H groups in total. The predicted octanol–water partition coefficient (Wildman–Crippen LogP) is 5.75. The van der Waals surface area contributed by atoms with Crippen molar-refractivity contribution in [1.82, 2.24) is 9.80 Å². The van der Waals surface area contributed by atoms with Gasteiger partial charge in [0.15, 0.2) is 0 Å². The van der Waals surface area contributed by atoms with Crippen LogP contribution >= 0.6 is 0 Å². The molecule has 4 nitrogen and oxygen atoms in total. The molecule has 2 amide bonds. The van der Waals surface area contributed by atoms with Gasteiger partial charge in [-0.1, -0.05) is 13.8 Å². The van der Waals surface area contributed by atoms with Crippen LogP contribution in [0, 0.1) is 58.2 Å². The molecule has 194 valence electrons. The number of fused-ring (bicyclic) bond motifs is 5. The molecule has 0 aromatic rings. The van der Waals surface area contributed by atoms with Crippen LogP contribution in [0.3, 0.4) is 0 Å². The normalized spacial score (nSPS) is 54.3. The Balaban J connectivity index is 1.11. The minimum absolute atomic E-state index is 0.179. The average Bonchev–Trinajstić information content (AvgIpc) is 3.17. The number of carbonyl (C=O) groups is 2. The van der Waals surface area contributed by atoms with Crippen LogP contribution in [-0.4, -0.2) is 47.8 Å². The summed E-state index contributed by atoms with van der Waals surface area (Å²) in [5, 5.41) is 0. The minimum Gasteiger partial charge on any atom is -0.342 e. The van der Waals surface area contributed by atoms with Gasteiger partial charge in [-0.25, -0.2) is 0 Å². The summed E-state index contributed by atoms with van der Waals surface area (Å²) < 4.78 is 0. The zero-order valence-electron chi connectivity index (χ0n) is 22.7. The van der Waals surface area contributed by atoms with Crippen LogP contribution in [-0.2, 0) is 9.59 Å². The molecular formula is C31H48N2O2. The summed E-state index contributed by atoms with van der Waals surface area (Å²) >= 11 is 0. The van der Waals surface area contributed by atoms with Gasteiger partial charge in [0.25, 0.3) is 0 Å². The van der Waals surface area contributed by atoms with Crippen molar-refractivity contribution in [3.63, 3.8) is 0 Å². The Morgan fingerprint density at radius 1 is 0.857 bits per heavy atom. The van der Waals surface area contributed by atoms with Gasteiger partial charge in [0.05, 0.1) is 0 Å². The Kier molecular flexibility index (Phi) is 5.10. The van der Waals surface area contributed by atoms with Crippen LogP contribution in [0.1, 0.15) is 97.3 Å². The second-order valence-electron chi connectivity index (χ2n) is 15.0. The largest absolute Gasteiger partial charge is 0.342 e. The van der Waals surface area contributed by atoms with Crippen molar-refractivity contribution in [3.8, 4) is 0 Å². The maximum atomic E-state index is 14.2. The minimum atomic E-state index is 0.179. The van der Waals surface area contributed by atoms with Crippen molar-refractivity contribution in [1.29, 1.82) is 0 Å². The molecule has 8 rings (SSSR count). The van der Waals surface area contributed by atoms with Gasteiger partial charge >= 0.3 is 0 Å². The highest BCUT2D eigenvalue weighted by Crippen LogP contribution is 2.66. The quantitative estimate of drug-likeness (QED) is 0.505. The van der Waals surface area contributed by atoms with Gasteiger partial charge in [-0.3, -0.25) is 9.59 Å². The molecule has 7 saturated carbocycles. The smallest absolute Gasteiger partial charge is 0.226 e. The number of piperidine rings is 1. The summed E-state index contributed by atoms with van der Waals surface area (Å²) in [6, 6.07) is 0.954. The summed E-state index contributed by atoms with van der Waals surface area (Å²) in [5.74, 6) is 6.76. The molecule has 0 aromatic carbocycles. The lowest BCUT2D eigenvalue weighted by atomic mass is 9.46. The van der Waals surface area contributed by atoms with E-state index in [-0.39, 0.29) is 16.7 Å². The third-order valence-corrected chi connectivity index (χ3v) is 13.8. The number of hydrogen-bond acceptors (Lipinski definition) is 2. The molecule has 4 bridgehead atoms. The first-order chi connectivity index (χ1) is 16.7. The third-order valence-electron chi connectivity index (χ3n) is 13.8. The number of nitrogens with zero attached hydrogens (tertiary/aromatic N) is 2. The first kappa shape index (κ1) is 23.1. The van der Waals surface area contributed by atoms with E-state index in [9.17, 15) is 9.59 Å². The monoisotopic (exact) mass is 480 g/mol. The Hall–Kier alpha value is -1.06. The lowest BCUT2D eigenvalue weighted by Gasteiger charge is -2.62. The van der Waals surface area contributed by atoms with Crippen LogP contribution in [0.2, 0.25) is 0 Å². The fraction of sp³-hybridized carbons (Fsp3) is 0.935. The van der Waals surface area contributed by atoms with Crippen molar-refractivity contribution in [3.05, 3.63) is 0 Å². The van der Waals surface area contributed by atoms with E-state index >= 15 is 0 Å².